The SMILES string of the molecule is CCc1ccc(OC(C)CNc2cccc(OCC3CCCO3)c2)cc1. The molecule has 0 bridgehead atoms. The number of hydrogen-bond acceptors (Lipinski definition) is 4. The van der Waals surface area contributed by atoms with E-state index < -0.39 is 0 Å². The van der Waals surface area contributed by atoms with Gasteiger partial charge >= 0.3 is 0 Å². The Morgan fingerprint density at radius 3 is 2.73 bits per heavy atom. The number of ether oxygens (including phenoxy) is 3. The molecular formula is C22H29NO3. The van der Waals surface area contributed by atoms with Crippen LogP contribution in [0.15, 0.2) is 48.5 Å². The first-order chi connectivity index (χ1) is 12.7. The summed E-state index contributed by atoms with van der Waals surface area (Å²) in [6, 6.07) is 16.4. The van der Waals surface area contributed by atoms with Crippen LogP contribution >= 0.6 is 0 Å². The Bertz CT molecular complexity index is 665. The van der Waals surface area contributed by atoms with Crippen LogP contribution in [-0.2, 0) is 11.2 Å². The summed E-state index contributed by atoms with van der Waals surface area (Å²) in [6.07, 6.45) is 3.57. The highest BCUT2D eigenvalue weighted by molar-refractivity contribution is 5.48. The van der Waals surface area contributed by atoms with Gasteiger partial charge in [0, 0.05) is 18.4 Å². The summed E-state index contributed by atoms with van der Waals surface area (Å²) < 4.78 is 17.4. The van der Waals surface area contributed by atoms with E-state index in [0.717, 1.165) is 49.6 Å². The molecule has 0 aliphatic carbocycles. The molecule has 0 amide bonds. The quantitative estimate of drug-likeness (QED) is 0.708. The van der Waals surface area contributed by atoms with Crippen LogP contribution in [0.5, 0.6) is 11.5 Å². The summed E-state index contributed by atoms with van der Waals surface area (Å²) in [7, 11) is 0. The van der Waals surface area contributed by atoms with Gasteiger partial charge in [0.05, 0.1) is 12.6 Å². The molecule has 2 aromatic carbocycles. The summed E-state index contributed by atoms with van der Waals surface area (Å²) in [5.41, 5.74) is 2.36. The lowest BCUT2D eigenvalue weighted by atomic mass is 10.2. The van der Waals surface area contributed by atoms with E-state index in [1.165, 1.54) is 5.56 Å². The van der Waals surface area contributed by atoms with Crippen molar-refractivity contribution in [2.24, 2.45) is 0 Å². The summed E-state index contributed by atoms with van der Waals surface area (Å²) in [5.74, 6) is 1.78. The molecule has 2 atom stereocenters. The summed E-state index contributed by atoms with van der Waals surface area (Å²) in [6.45, 7) is 6.43. The van der Waals surface area contributed by atoms with E-state index in [2.05, 4.69) is 31.3 Å². The Labute approximate surface area is 156 Å². The number of hydrogen-bond donors (Lipinski definition) is 1. The third-order valence-corrected chi connectivity index (χ3v) is 4.56. The largest absolute Gasteiger partial charge is 0.491 e. The molecular weight excluding hydrogens is 326 g/mol. The van der Waals surface area contributed by atoms with Crippen LogP contribution in [0.2, 0.25) is 0 Å². The van der Waals surface area contributed by atoms with Crippen LogP contribution in [-0.4, -0.2) is 32.0 Å². The third-order valence-electron chi connectivity index (χ3n) is 4.56. The van der Waals surface area contributed by atoms with Crippen molar-refractivity contribution < 1.29 is 14.2 Å². The Kier molecular flexibility index (Phi) is 6.78. The van der Waals surface area contributed by atoms with Crippen LogP contribution in [0.25, 0.3) is 0 Å². The van der Waals surface area contributed by atoms with E-state index in [-0.39, 0.29) is 12.2 Å². The molecule has 1 fully saturated rings. The van der Waals surface area contributed by atoms with Gasteiger partial charge in [-0.25, -0.2) is 0 Å². The zero-order valence-corrected chi connectivity index (χ0v) is 15.7. The molecule has 2 unspecified atom stereocenters. The van der Waals surface area contributed by atoms with E-state index in [0.29, 0.717) is 6.61 Å². The maximum absolute atomic E-state index is 5.97. The Morgan fingerprint density at radius 2 is 2.00 bits per heavy atom. The fourth-order valence-corrected chi connectivity index (χ4v) is 3.00. The first-order valence-electron chi connectivity index (χ1n) is 9.57. The Hall–Kier alpha value is -2.20. The maximum atomic E-state index is 5.97. The molecule has 140 valence electrons. The smallest absolute Gasteiger partial charge is 0.121 e. The van der Waals surface area contributed by atoms with Crippen LogP contribution < -0.4 is 14.8 Å². The van der Waals surface area contributed by atoms with Crippen LogP contribution in [0, 0.1) is 0 Å². The second kappa shape index (κ2) is 9.48. The van der Waals surface area contributed by atoms with Crippen molar-refractivity contribution in [3.8, 4) is 11.5 Å². The highest BCUT2D eigenvalue weighted by atomic mass is 16.5. The lowest BCUT2D eigenvalue weighted by Crippen LogP contribution is -2.22. The minimum absolute atomic E-state index is 0.0685. The Morgan fingerprint density at radius 1 is 1.15 bits per heavy atom. The highest BCUT2D eigenvalue weighted by Crippen LogP contribution is 2.20. The minimum atomic E-state index is 0.0685. The monoisotopic (exact) mass is 355 g/mol. The Balaban J connectivity index is 1.44. The fourth-order valence-electron chi connectivity index (χ4n) is 3.00. The first kappa shape index (κ1) is 18.6. The number of nitrogens with one attached hydrogen (secondary N) is 1. The normalized spacial score (nSPS) is 17.7. The van der Waals surface area contributed by atoms with Gasteiger partial charge in [-0.2, -0.15) is 0 Å². The zero-order valence-electron chi connectivity index (χ0n) is 15.7. The molecule has 4 nitrogen and oxygen atoms in total. The standard InChI is InChI=1S/C22H29NO3/c1-3-18-9-11-20(12-10-18)26-17(2)15-23-19-6-4-7-21(14-19)25-16-22-8-5-13-24-22/h4,6-7,9-12,14,17,22-23H,3,5,8,13,15-16H2,1-2H3. The first-order valence-corrected chi connectivity index (χ1v) is 9.57. The molecule has 3 rings (SSSR count). The van der Waals surface area contributed by atoms with Crippen LogP contribution in [0.4, 0.5) is 5.69 Å². The number of anilines is 1. The predicted molar refractivity (Wildman–Crippen MR) is 105 cm³/mol. The number of rotatable bonds is 9. The van der Waals surface area contributed by atoms with E-state index >= 15 is 0 Å². The van der Waals surface area contributed by atoms with E-state index in [4.69, 9.17) is 14.2 Å². The van der Waals surface area contributed by atoms with Crippen molar-refractivity contribution in [1.29, 1.82) is 0 Å². The molecule has 1 aliphatic heterocycles. The van der Waals surface area contributed by atoms with Gasteiger partial charge in [0.25, 0.3) is 0 Å². The molecule has 0 spiro atoms. The molecule has 0 radical (unpaired) electrons. The summed E-state index contributed by atoms with van der Waals surface area (Å²) >= 11 is 0. The molecule has 1 heterocycles. The van der Waals surface area contributed by atoms with Crippen molar-refractivity contribution in [3.05, 3.63) is 54.1 Å². The number of benzene rings is 2. The minimum Gasteiger partial charge on any atom is -0.491 e. The van der Waals surface area contributed by atoms with Crippen molar-refractivity contribution in [1.82, 2.24) is 0 Å². The van der Waals surface area contributed by atoms with Gasteiger partial charge in [-0.05, 0) is 56.0 Å². The van der Waals surface area contributed by atoms with Gasteiger partial charge in [-0.15, -0.1) is 0 Å². The lowest BCUT2D eigenvalue weighted by molar-refractivity contribution is 0.0680. The van der Waals surface area contributed by atoms with Gasteiger partial charge in [-0.3, -0.25) is 0 Å². The second-order valence-electron chi connectivity index (χ2n) is 6.78. The fraction of sp³-hybridized carbons (Fsp3) is 0.455. The van der Waals surface area contributed by atoms with E-state index in [9.17, 15) is 0 Å². The molecule has 26 heavy (non-hydrogen) atoms. The van der Waals surface area contributed by atoms with Crippen LogP contribution in [0.3, 0.4) is 0 Å². The second-order valence-corrected chi connectivity index (χ2v) is 6.78. The van der Waals surface area contributed by atoms with Crippen LogP contribution in [0.1, 0.15) is 32.3 Å². The van der Waals surface area contributed by atoms with Gasteiger partial charge in [-0.1, -0.05) is 25.1 Å². The molecule has 1 aliphatic rings. The molecule has 0 saturated carbocycles. The third kappa shape index (κ3) is 5.67. The van der Waals surface area contributed by atoms with Crippen molar-refractivity contribution in [2.45, 2.75) is 45.3 Å². The topological polar surface area (TPSA) is 39.7 Å². The highest BCUT2D eigenvalue weighted by Gasteiger charge is 2.16. The van der Waals surface area contributed by atoms with Gasteiger partial charge in [0.15, 0.2) is 0 Å². The van der Waals surface area contributed by atoms with Gasteiger partial charge in [0.1, 0.15) is 24.2 Å². The maximum Gasteiger partial charge on any atom is 0.121 e. The predicted octanol–water partition coefficient (Wildman–Crippen LogP) is 4.69. The van der Waals surface area contributed by atoms with Gasteiger partial charge in [0.2, 0.25) is 0 Å². The van der Waals surface area contributed by atoms with Crippen molar-refractivity contribution >= 4 is 5.69 Å². The summed E-state index contributed by atoms with van der Waals surface area (Å²) in [5, 5.41) is 3.42. The van der Waals surface area contributed by atoms with E-state index in [1.807, 2.05) is 36.4 Å². The average molecular weight is 355 g/mol. The zero-order chi connectivity index (χ0) is 18.2. The molecule has 0 aromatic heterocycles. The average Bonchev–Trinajstić information content (AvgIpc) is 3.19. The molecule has 1 saturated heterocycles. The molecule has 1 N–H and O–H groups in total. The van der Waals surface area contributed by atoms with Crippen molar-refractivity contribution in [3.63, 3.8) is 0 Å². The van der Waals surface area contributed by atoms with Gasteiger partial charge < -0.3 is 19.5 Å². The van der Waals surface area contributed by atoms with Crippen molar-refractivity contribution in [2.75, 3.05) is 25.1 Å². The molecule has 4 heteroatoms. The molecule has 2 aromatic rings. The summed E-state index contributed by atoms with van der Waals surface area (Å²) in [4.78, 5) is 0. The van der Waals surface area contributed by atoms with E-state index in [1.54, 1.807) is 0 Å². The lowest BCUT2D eigenvalue weighted by Gasteiger charge is -2.17. The number of aryl methyl sites for hydroxylation is 1.